The monoisotopic (exact) mass is 448 g/mol. The summed E-state index contributed by atoms with van der Waals surface area (Å²) >= 11 is 0. The number of benzene rings is 2. The van der Waals surface area contributed by atoms with Gasteiger partial charge < -0.3 is 14.4 Å². The van der Waals surface area contributed by atoms with Gasteiger partial charge in [0.05, 0.1) is 12.7 Å². The number of carboxylic acid groups (broad SMARTS) is 1. The van der Waals surface area contributed by atoms with Gasteiger partial charge in [-0.05, 0) is 56.2 Å². The normalized spacial score (nSPS) is 12.5. The van der Waals surface area contributed by atoms with Gasteiger partial charge in [0.2, 0.25) is 10.0 Å². The number of sulfonamides is 1. The number of ether oxygens (including phenoxy) is 1. The Morgan fingerprint density at radius 2 is 1.90 bits per heavy atom. The van der Waals surface area contributed by atoms with E-state index in [1.54, 1.807) is 13.0 Å². The van der Waals surface area contributed by atoms with E-state index in [0.717, 1.165) is 0 Å². The van der Waals surface area contributed by atoms with Gasteiger partial charge in [-0.3, -0.25) is 0 Å². The van der Waals surface area contributed by atoms with Crippen molar-refractivity contribution in [2.75, 3.05) is 7.11 Å². The number of carboxylic acids is 1. The second kappa shape index (κ2) is 8.48. The minimum Gasteiger partial charge on any atom is -0.496 e. The van der Waals surface area contributed by atoms with E-state index in [0.29, 0.717) is 11.3 Å². The quantitative estimate of drug-likeness (QED) is 0.564. The van der Waals surface area contributed by atoms with Crippen molar-refractivity contribution in [1.29, 1.82) is 0 Å². The van der Waals surface area contributed by atoms with Gasteiger partial charge in [-0.15, -0.1) is 0 Å². The molecule has 0 aliphatic heterocycles. The van der Waals surface area contributed by atoms with E-state index in [2.05, 4.69) is 9.88 Å². The van der Waals surface area contributed by atoms with Crippen molar-refractivity contribution in [2.24, 2.45) is 0 Å². The highest BCUT2D eigenvalue weighted by molar-refractivity contribution is 7.89. The molecule has 1 heterocycles. The van der Waals surface area contributed by atoms with Crippen LogP contribution in [0.1, 0.15) is 40.3 Å². The molecule has 0 bridgehead atoms. The summed E-state index contributed by atoms with van der Waals surface area (Å²) in [5.74, 6) is -1.33. The lowest BCUT2D eigenvalue weighted by Gasteiger charge is -2.17. The lowest BCUT2D eigenvalue weighted by Crippen LogP contribution is -2.27. The number of hydrogen-bond donors (Lipinski definition) is 2. The Labute approximate surface area is 178 Å². The minimum atomic E-state index is -3.96. The largest absolute Gasteiger partial charge is 0.496 e. The third-order valence-corrected chi connectivity index (χ3v) is 6.58. The van der Waals surface area contributed by atoms with E-state index in [-0.39, 0.29) is 33.0 Å². The summed E-state index contributed by atoms with van der Waals surface area (Å²) in [5, 5.41) is 13.4. The third-order valence-electron chi connectivity index (χ3n) is 4.79. The number of rotatable bonds is 7. The van der Waals surface area contributed by atoms with E-state index < -0.39 is 27.9 Å². The SMILES string of the molecule is COc1ccc(F)cc1-c1ccc(C(C)NS(=O)(=O)c2c(C)noc2C)cc1C(=O)O. The van der Waals surface area contributed by atoms with Crippen molar-refractivity contribution >= 4 is 16.0 Å². The molecule has 0 fully saturated rings. The Morgan fingerprint density at radius 3 is 2.48 bits per heavy atom. The number of nitrogens with one attached hydrogen (secondary N) is 1. The molecular formula is C21H21FN2O6S. The second-order valence-electron chi connectivity index (χ2n) is 6.95. The summed E-state index contributed by atoms with van der Waals surface area (Å²) in [5.41, 5.74) is 1.03. The molecule has 1 aromatic heterocycles. The maximum atomic E-state index is 13.8. The zero-order chi connectivity index (χ0) is 22.9. The molecule has 2 N–H and O–H groups in total. The number of aromatic carboxylic acids is 1. The van der Waals surface area contributed by atoms with Crippen LogP contribution in [-0.4, -0.2) is 31.8 Å². The first-order valence-corrected chi connectivity index (χ1v) is 10.7. The fourth-order valence-corrected chi connectivity index (χ4v) is 4.91. The Hall–Kier alpha value is -3.24. The van der Waals surface area contributed by atoms with Gasteiger partial charge in [0.25, 0.3) is 0 Å². The van der Waals surface area contributed by atoms with Crippen LogP contribution in [0.25, 0.3) is 11.1 Å². The predicted molar refractivity (Wildman–Crippen MR) is 110 cm³/mol. The molecule has 2 aromatic carbocycles. The molecule has 8 nitrogen and oxygen atoms in total. The molecule has 0 spiro atoms. The first-order chi connectivity index (χ1) is 14.5. The van der Waals surface area contributed by atoms with Crippen LogP contribution >= 0.6 is 0 Å². The van der Waals surface area contributed by atoms with Crippen LogP contribution in [0.4, 0.5) is 4.39 Å². The van der Waals surface area contributed by atoms with Crippen molar-refractivity contribution in [2.45, 2.75) is 31.7 Å². The average molecular weight is 448 g/mol. The topological polar surface area (TPSA) is 119 Å². The maximum Gasteiger partial charge on any atom is 0.336 e. The number of carbonyl (C=O) groups is 1. The van der Waals surface area contributed by atoms with E-state index in [1.165, 1.54) is 51.3 Å². The summed E-state index contributed by atoms with van der Waals surface area (Å²) in [6.07, 6.45) is 0. The molecule has 0 saturated heterocycles. The zero-order valence-corrected chi connectivity index (χ0v) is 18.1. The molecule has 31 heavy (non-hydrogen) atoms. The Kier molecular flexibility index (Phi) is 6.14. The summed E-state index contributed by atoms with van der Waals surface area (Å²) in [6, 6.07) is 7.46. The van der Waals surface area contributed by atoms with Gasteiger partial charge in [0.1, 0.15) is 22.2 Å². The first kappa shape index (κ1) is 22.4. The van der Waals surface area contributed by atoms with Crippen LogP contribution in [-0.2, 0) is 10.0 Å². The first-order valence-electron chi connectivity index (χ1n) is 9.21. The molecule has 164 valence electrons. The van der Waals surface area contributed by atoms with Crippen LogP contribution in [0.3, 0.4) is 0 Å². The number of aryl methyl sites for hydroxylation is 2. The molecule has 0 amide bonds. The van der Waals surface area contributed by atoms with Crippen LogP contribution in [0.15, 0.2) is 45.8 Å². The predicted octanol–water partition coefficient (Wildman–Crippen LogP) is 3.84. The number of hydrogen-bond acceptors (Lipinski definition) is 6. The number of halogens is 1. The van der Waals surface area contributed by atoms with Crippen molar-refractivity contribution in [3.63, 3.8) is 0 Å². The van der Waals surface area contributed by atoms with Crippen molar-refractivity contribution < 1.29 is 32.0 Å². The van der Waals surface area contributed by atoms with Gasteiger partial charge >= 0.3 is 5.97 Å². The molecule has 3 rings (SSSR count). The average Bonchev–Trinajstić information content (AvgIpc) is 3.06. The molecule has 0 aliphatic rings. The van der Waals surface area contributed by atoms with Crippen molar-refractivity contribution in [1.82, 2.24) is 9.88 Å². The van der Waals surface area contributed by atoms with Gasteiger partial charge in [-0.1, -0.05) is 17.3 Å². The molecule has 1 atom stereocenters. The smallest absolute Gasteiger partial charge is 0.336 e. The van der Waals surface area contributed by atoms with E-state index >= 15 is 0 Å². The fraction of sp³-hybridized carbons (Fsp3) is 0.238. The maximum absolute atomic E-state index is 13.8. The van der Waals surface area contributed by atoms with E-state index in [9.17, 15) is 22.7 Å². The summed E-state index contributed by atoms with van der Waals surface area (Å²) < 4.78 is 52.0. The van der Waals surface area contributed by atoms with Crippen molar-refractivity contribution in [3.05, 3.63) is 64.8 Å². The highest BCUT2D eigenvalue weighted by Crippen LogP contribution is 2.34. The number of aromatic nitrogens is 1. The van der Waals surface area contributed by atoms with Gasteiger partial charge in [-0.25, -0.2) is 22.3 Å². The van der Waals surface area contributed by atoms with E-state index in [1.807, 2.05) is 0 Å². The third kappa shape index (κ3) is 4.44. The Balaban J connectivity index is 2.02. The lowest BCUT2D eigenvalue weighted by molar-refractivity contribution is 0.0697. The van der Waals surface area contributed by atoms with E-state index in [4.69, 9.17) is 9.26 Å². The standard InChI is InChI=1S/C21H21FN2O6S/c1-11(24-31(27,28)20-12(2)23-30-13(20)3)14-5-7-16(18(9-14)21(25)26)17-10-15(22)6-8-19(17)29-4/h5-11,24H,1-4H3,(H,25,26). The molecular weight excluding hydrogens is 427 g/mol. The molecule has 0 saturated carbocycles. The van der Waals surface area contributed by atoms with Gasteiger partial charge in [-0.2, -0.15) is 0 Å². The zero-order valence-electron chi connectivity index (χ0n) is 17.3. The van der Waals surface area contributed by atoms with Crippen LogP contribution in [0, 0.1) is 19.7 Å². The number of methoxy groups -OCH3 is 1. The van der Waals surface area contributed by atoms with Crippen LogP contribution in [0.2, 0.25) is 0 Å². The van der Waals surface area contributed by atoms with Crippen LogP contribution in [0.5, 0.6) is 5.75 Å². The molecule has 1 unspecified atom stereocenters. The highest BCUT2D eigenvalue weighted by atomic mass is 32.2. The number of nitrogens with zero attached hydrogens (tertiary/aromatic N) is 1. The summed E-state index contributed by atoms with van der Waals surface area (Å²) in [6.45, 7) is 4.58. The fourth-order valence-electron chi connectivity index (χ4n) is 3.35. The highest BCUT2D eigenvalue weighted by Gasteiger charge is 2.27. The second-order valence-corrected chi connectivity index (χ2v) is 8.60. The van der Waals surface area contributed by atoms with Gasteiger partial charge in [0, 0.05) is 11.6 Å². The molecule has 0 aliphatic carbocycles. The molecule has 10 heteroatoms. The summed E-state index contributed by atoms with van der Waals surface area (Å²) in [4.78, 5) is 11.9. The Morgan fingerprint density at radius 1 is 1.19 bits per heavy atom. The molecule has 0 radical (unpaired) electrons. The summed E-state index contributed by atoms with van der Waals surface area (Å²) in [7, 11) is -2.56. The molecule has 3 aromatic rings. The minimum absolute atomic E-state index is 0.0566. The Bertz CT molecular complexity index is 1230. The van der Waals surface area contributed by atoms with Gasteiger partial charge in [0.15, 0.2) is 5.76 Å². The van der Waals surface area contributed by atoms with Crippen molar-refractivity contribution in [3.8, 4) is 16.9 Å². The van der Waals surface area contributed by atoms with Crippen LogP contribution < -0.4 is 9.46 Å². The lowest BCUT2D eigenvalue weighted by atomic mass is 9.95.